The van der Waals surface area contributed by atoms with E-state index in [-0.39, 0.29) is 17.3 Å². The second-order valence-corrected chi connectivity index (χ2v) is 11.2. The molecule has 0 aliphatic carbocycles. The van der Waals surface area contributed by atoms with Crippen LogP contribution >= 0.6 is 11.3 Å². The molecular formula is C31H44O3S. The van der Waals surface area contributed by atoms with E-state index in [2.05, 4.69) is 27.7 Å². The van der Waals surface area contributed by atoms with Crippen LogP contribution in [0.2, 0.25) is 0 Å². The first-order valence-electron chi connectivity index (χ1n) is 13.7. The van der Waals surface area contributed by atoms with Gasteiger partial charge in [-0.05, 0) is 56.2 Å². The Bertz CT molecular complexity index is 1180. The highest BCUT2D eigenvalue weighted by Crippen LogP contribution is 2.45. The summed E-state index contributed by atoms with van der Waals surface area (Å²) >= 11 is 1.67. The van der Waals surface area contributed by atoms with Crippen LogP contribution in [0.3, 0.4) is 0 Å². The Labute approximate surface area is 215 Å². The highest BCUT2D eigenvalue weighted by molar-refractivity contribution is 7.24. The molecule has 1 heterocycles. The molecule has 0 radical (unpaired) electrons. The maximum absolute atomic E-state index is 13.6. The summed E-state index contributed by atoms with van der Waals surface area (Å²) in [5.41, 5.74) is 2.59. The molecule has 0 aliphatic heterocycles. The average molecular weight is 497 g/mol. The molecule has 35 heavy (non-hydrogen) atoms. The van der Waals surface area contributed by atoms with Crippen LogP contribution < -0.4 is 5.43 Å². The van der Waals surface area contributed by atoms with Crippen LogP contribution in [-0.4, -0.2) is 11.7 Å². The summed E-state index contributed by atoms with van der Waals surface area (Å²) in [5, 5.41) is 12.6. The molecule has 0 aliphatic rings. The summed E-state index contributed by atoms with van der Waals surface area (Å²) < 4.78 is 8.84. The average Bonchev–Trinajstić information content (AvgIpc) is 2.87. The Morgan fingerprint density at radius 3 is 2.29 bits per heavy atom. The Hall–Kier alpha value is -1.91. The van der Waals surface area contributed by atoms with Crippen LogP contribution in [0.5, 0.6) is 5.75 Å². The number of aryl methyl sites for hydroxylation is 1. The first-order chi connectivity index (χ1) is 16.9. The van der Waals surface area contributed by atoms with Gasteiger partial charge in [0.1, 0.15) is 5.75 Å². The first kappa shape index (κ1) is 27.7. The molecular weight excluding hydrogens is 452 g/mol. The molecule has 1 aromatic heterocycles. The fourth-order valence-corrected chi connectivity index (χ4v) is 6.71. The molecule has 3 rings (SSSR count). The van der Waals surface area contributed by atoms with Crippen LogP contribution in [0.4, 0.5) is 0 Å². The summed E-state index contributed by atoms with van der Waals surface area (Å²) in [4.78, 5) is 13.6. The molecule has 3 aromatic rings. The normalized spacial score (nSPS) is 14.5. The van der Waals surface area contributed by atoms with Crippen LogP contribution in [0, 0.1) is 25.7 Å². The van der Waals surface area contributed by atoms with Crippen LogP contribution in [-0.2, 0) is 4.74 Å². The minimum Gasteiger partial charge on any atom is -0.507 e. The number of phenolic OH excluding ortho intramolecular Hbond substituents is 1. The van der Waals surface area contributed by atoms with Crippen molar-refractivity contribution in [3.63, 3.8) is 0 Å². The molecule has 0 saturated heterocycles. The molecule has 0 amide bonds. The van der Waals surface area contributed by atoms with E-state index >= 15 is 0 Å². The van der Waals surface area contributed by atoms with Crippen LogP contribution in [0.1, 0.15) is 102 Å². The van der Waals surface area contributed by atoms with E-state index in [0.717, 1.165) is 64.6 Å². The standard InChI is InChI=1S/C31H44O3S/c1-7-11-15-22(9-3)19-34-30(23(10-4)16-12-8-2)27-21(6)28(32)20(5)26-29(33)24-17-13-14-18-25(24)35-31(26)27/h13-14,17-18,22-23,30,32H,7-12,15-16,19H2,1-6H3. The second kappa shape index (κ2) is 12.9. The summed E-state index contributed by atoms with van der Waals surface area (Å²) in [5.74, 6) is 1.12. The Morgan fingerprint density at radius 2 is 1.63 bits per heavy atom. The number of ether oxygens (including phenoxy) is 1. The van der Waals surface area contributed by atoms with E-state index in [9.17, 15) is 9.90 Å². The molecule has 2 aromatic carbocycles. The molecule has 192 valence electrons. The van der Waals surface area contributed by atoms with Crippen LogP contribution in [0.15, 0.2) is 29.1 Å². The van der Waals surface area contributed by atoms with Crippen molar-refractivity contribution < 1.29 is 9.84 Å². The van der Waals surface area contributed by atoms with E-state index in [1.807, 2.05) is 38.1 Å². The molecule has 1 N–H and O–H groups in total. The van der Waals surface area contributed by atoms with Gasteiger partial charge in [-0.1, -0.05) is 78.4 Å². The molecule has 0 bridgehead atoms. The minimum atomic E-state index is -0.131. The van der Waals surface area contributed by atoms with Gasteiger partial charge < -0.3 is 9.84 Å². The number of benzene rings is 2. The van der Waals surface area contributed by atoms with Gasteiger partial charge in [0, 0.05) is 31.3 Å². The molecule has 4 heteroatoms. The Balaban J connectivity index is 2.24. The van der Waals surface area contributed by atoms with Crippen molar-refractivity contribution in [3.05, 3.63) is 51.2 Å². The zero-order valence-corrected chi connectivity index (χ0v) is 23.4. The van der Waals surface area contributed by atoms with Crippen LogP contribution in [0.25, 0.3) is 20.2 Å². The number of unbranched alkanes of at least 4 members (excludes halogenated alkanes) is 2. The molecule has 3 atom stereocenters. The summed E-state index contributed by atoms with van der Waals surface area (Å²) in [6.07, 6.45) is 8.97. The Kier molecular flexibility index (Phi) is 10.2. The highest BCUT2D eigenvalue weighted by Gasteiger charge is 2.30. The van der Waals surface area contributed by atoms with E-state index in [1.54, 1.807) is 11.3 Å². The maximum Gasteiger partial charge on any atom is 0.196 e. The zero-order valence-electron chi connectivity index (χ0n) is 22.6. The predicted molar refractivity (Wildman–Crippen MR) is 152 cm³/mol. The van der Waals surface area contributed by atoms with Crippen molar-refractivity contribution >= 4 is 31.5 Å². The first-order valence-corrected chi connectivity index (χ1v) is 14.5. The smallest absolute Gasteiger partial charge is 0.196 e. The third-order valence-electron chi connectivity index (χ3n) is 7.75. The van der Waals surface area contributed by atoms with E-state index in [0.29, 0.717) is 22.8 Å². The maximum atomic E-state index is 13.6. The van der Waals surface area contributed by atoms with Gasteiger partial charge in [-0.15, -0.1) is 11.3 Å². The highest BCUT2D eigenvalue weighted by atomic mass is 32.1. The quantitative estimate of drug-likeness (QED) is 0.240. The molecule has 0 fully saturated rings. The fraction of sp³-hybridized carbons (Fsp3) is 0.581. The van der Waals surface area contributed by atoms with Gasteiger partial charge in [0.25, 0.3) is 0 Å². The number of phenols is 1. The third-order valence-corrected chi connectivity index (χ3v) is 8.96. The van der Waals surface area contributed by atoms with Gasteiger partial charge in [-0.2, -0.15) is 0 Å². The van der Waals surface area contributed by atoms with Gasteiger partial charge in [0.05, 0.1) is 12.7 Å². The summed E-state index contributed by atoms with van der Waals surface area (Å²) in [6, 6.07) is 7.84. The number of fused-ring (bicyclic) bond motifs is 2. The van der Waals surface area contributed by atoms with Crippen molar-refractivity contribution in [3.8, 4) is 5.75 Å². The SMILES string of the molecule is CCCCC(CC)COC(c1c(C)c(O)c(C)c2c(=O)c3ccccc3sc12)C(CC)CCCC. The topological polar surface area (TPSA) is 46.5 Å². The van der Waals surface area contributed by atoms with Crippen molar-refractivity contribution in [1.82, 2.24) is 0 Å². The van der Waals surface area contributed by atoms with Gasteiger partial charge >= 0.3 is 0 Å². The lowest BCUT2D eigenvalue weighted by Gasteiger charge is -2.31. The lowest BCUT2D eigenvalue weighted by Crippen LogP contribution is -2.22. The number of rotatable bonds is 13. The fourth-order valence-electron chi connectivity index (χ4n) is 5.34. The van der Waals surface area contributed by atoms with Crippen molar-refractivity contribution in [1.29, 1.82) is 0 Å². The summed E-state index contributed by atoms with van der Waals surface area (Å²) in [6.45, 7) is 13.6. The van der Waals surface area contributed by atoms with Crippen molar-refractivity contribution in [2.24, 2.45) is 11.8 Å². The lowest BCUT2D eigenvalue weighted by atomic mass is 9.85. The van der Waals surface area contributed by atoms with Gasteiger partial charge in [-0.3, -0.25) is 4.79 Å². The van der Waals surface area contributed by atoms with Gasteiger partial charge in [0.15, 0.2) is 5.43 Å². The molecule has 3 nitrogen and oxygen atoms in total. The monoisotopic (exact) mass is 496 g/mol. The third kappa shape index (κ3) is 5.91. The predicted octanol–water partition coefficient (Wildman–Crippen LogP) is 9.23. The second-order valence-electron chi connectivity index (χ2n) is 10.1. The van der Waals surface area contributed by atoms with Gasteiger partial charge in [0.2, 0.25) is 0 Å². The van der Waals surface area contributed by atoms with Crippen molar-refractivity contribution in [2.45, 2.75) is 99.0 Å². The molecule has 3 unspecified atom stereocenters. The largest absolute Gasteiger partial charge is 0.507 e. The number of hydrogen-bond donors (Lipinski definition) is 1. The molecule has 0 spiro atoms. The summed E-state index contributed by atoms with van der Waals surface area (Å²) in [7, 11) is 0. The lowest BCUT2D eigenvalue weighted by molar-refractivity contribution is -0.0147. The van der Waals surface area contributed by atoms with E-state index in [1.165, 1.54) is 19.3 Å². The Morgan fingerprint density at radius 1 is 0.943 bits per heavy atom. The van der Waals surface area contributed by atoms with Gasteiger partial charge in [-0.25, -0.2) is 0 Å². The van der Waals surface area contributed by atoms with Crippen molar-refractivity contribution in [2.75, 3.05) is 6.61 Å². The molecule has 0 saturated carbocycles. The number of hydrogen-bond acceptors (Lipinski definition) is 4. The van der Waals surface area contributed by atoms with E-state index in [4.69, 9.17) is 4.74 Å². The minimum absolute atomic E-state index is 0.0122. The number of aromatic hydroxyl groups is 1. The zero-order chi connectivity index (χ0) is 25.5. The van der Waals surface area contributed by atoms with E-state index < -0.39 is 0 Å².